The molecule has 5 aromatic rings. The van der Waals surface area contributed by atoms with Crippen molar-refractivity contribution >= 4 is 46.2 Å². The number of rotatable bonds is 13. The predicted octanol–water partition coefficient (Wildman–Crippen LogP) is 6.46. The largest absolute Gasteiger partial charge is 0.256 e. The first-order chi connectivity index (χ1) is 24.4. The van der Waals surface area contributed by atoms with Crippen molar-refractivity contribution < 1.29 is 33.7 Å². The summed E-state index contributed by atoms with van der Waals surface area (Å²) < 4.78 is 117. The summed E-state index contributed by atoms with van der Waals surface area (Å²) in [5.41, 5.74) is 3.33. The highest BCUT2D eigenvalue weighted by molar-refractivity contribution is 8.04. The Hall–Kier alpha value is -4.44. The van der Waals surface area contributed by atoms with Crippen molar-refractivity contribution in [3.8, 4) is 0 Å². The normalized spacial score (nSPS) is 13.5. The molecular formula is C38H38N2O8S4. The van der Waals surface area contributed by atoms with Crippen LogP contribution in [0.25, 0.3) is 6.08 Å². The maximum atomic E-state index is 14.7. The second-order valence-corrected chi connectivity index (χ2v) is 20.1. The molecule has 0 amide bonds. The van der Waals surface area contributed by atoms with Crippen molar-refractivity contribution in [1.29, 1.82) is 0 Å². The summed E-state index contributed by atoms with van der Waals surface area (Å²) in [5, 5.41) is 0. The summed E-state index contributed by atoms with van der Waals surface area (Å²) in [6, 6.07) is 28.4. The Kier molecular flexibility index (Phi) is 11.4. The summed E-state index contributed by atoms with van der Waals surface area (Å²) in [4.78, 5) is -1.59. The van der Waals surface area contributed by atoms with Gasteiger partial charge in [0.05, 0.1) is 32.2 Å². The van der Waals surface area contributed by atoms with Gasteiger partial charge in [0.2, 0.25) is 0 Å². The highest BCUT2D eigenvalue weighted by Crippen LogP contribution is 2.32. The van der Waals surface area contributed by atoms with Crippen molar-refractivity contribution in [1.82, 2.24) is 7.42 Å². The quantitative estimate of drug-likeness (QED) is 0.133. The van der Waals surface area contributed by atoms with Gasteiger partial charge in [-0.15, -0.1) is 0 Å². The van der Waals surface area contributed by atoms with Gasteiger partial charge in [-0.25, -0.2) is 33.7 Å². The second kappa shape index (κ2) is 15.3. The molecule has 5 aromatic carbocycles. The van der Waals surface area contributed by atoms with Crippen LogP contribution in [0.4, 0.5) is 0 Å². The Morgan fingerprint density at radius 3 is 1.08 bits per heavy atom. The van der Waals surface area contributed by atoms with Crippen LogP contribution in [-0.2, 0) is 40.1 Å². The molecule has 0 aliphatic carbocycles. The zero-order chi connectivity index (χ0) is 37.9. The summed E-state index contributed by atoms with van der Waals surface area (Å²) >= 11 is 0. The van der Waals surface area contributed by atoms with E-state index in [4.69, 9.17) is 0 Å². The molecule has 0 saturated carbocycles. The van der Waals surface area contributed by atoms with E-state index in [0.717, 1.165) is 0 Å². The molecule has 0 radical (unpaired) electrons. The molecule has 0 heterocycles. The SMILES string of the molecule is Cc1ccc(S(=O)(=O)N(CC(/C=C/c2ccccc2)N(S(=O)(=O)c2ccc(C)cc2)S(=O)(=O)c2ccc(C)cc2)S(=O)(=O)c2ccc(C)cc2)cc1. The lowest BCUT2D eigenvalue weighted by Gasteiger charge is -2.32. The summed E-state index contributed by atoms with van der Waals surface area (Å²) in [7, 11) is -20.0. The predicted molar refractivity (Wildman–Crippen MR) is 201 cm³/mol. The molecule has 0 spiro atoms. The zero-order valence-electron chi connectivity index (χ0n) is 28.9. The van der Waals surface area contributed by atoms with Gasteiger partial charge in [0.1, 0.15) is 0 Å². The molecule has 0 bridgehead atoms. The minimum Gasteiger partial charge on any atom is -0.206 e. The number of aryl methyl sites for hydroxylation is 4. The molecule has 1 unspecified atom stereocenters. The van der Waals surface area contributed by atoms with Crippen LogP contribution < -0.4 is 0 Å². The van der Waals surface area contributed by atoms with E-state index >= 15 is 0 Å². The topological polar surface area (TPSA) is 143 Å². The van der Waals surface area contributed by atoms with E-state index in [0.29, 0.717) is 27.8 Å². The summed E-state index contributed by atoms with van der Waals surface area (Å²) in [5.74, 6) is 0. The number of benzene rings is 5. The van der Waals surface area contributed by atoms with Crippen LogP contribution in [-0.4, -0.2) is 53.7 Å². The molecule has 0 aromatic heterocycles. The van der Waals surface area contributed by atoms with Crippen molar-refractivity contribution in [2.45, 2.75) is 53.3 Å². The van der Waals surface area contributed by atoms with Crippen molar-refractivity contribution in [3.63, 3.8) is 0 Å². The van der Waals surface area contributed by atoms with Gasteiger partial charge in [0, 0.05) is 0 Å². The minimum atomic E-state index is -5.04. The number of sulfonamides is 4. The molecule has 0 N–H and O–H groups in total. The van der Waals surface area contributed by atoms with Crippen LogP contribution in [0.2, 0.25) is 0 Å². The lowest BCUT2D eigenvalue weighted by atomic mass is 10.2. The van der Waals surface area contributed by atoms with Gasteiger partial charge in [0.25, 0.3) is 40.1 Å². The molecule has 52 heavy (non-hydrogen) atoms. The molecule has 0 aliphatic heterocycles. The van der Waals surface area contributed by atoms with Crippen LogP contribution >= 0.6 is 0 Å². The second-order valence-electron chi connectivity index (χ2n) is 12.3. The number of hydrogen-bond donors (Lipinski definition) is 0. The van der Waals surface area contributed by atoms with E-state index in [1.807, 2.05) is 0 Å². The fourth-order valence-electron chi connectivity index (χ4n) is 5.23. The third-order valence-electron chi connectivity index (χ3n) is 8.20. The first-order valence-electron chi connectivity index (χ1n) is 16.0. The molecule has 5 rings (SSSR count). The van der Waals surface area contributed by atoms with E-state index in [-0.39, 0.29) is 7.42 Å². The van der Waals surface area contributed by atoms with E-state index < -0.39 is 72.3 Å². The molecule has 272 valence electrons. The highest BCUT2D eigenvalue weighted by atomic mass is 32.3. The standard InChI is InChI=1S/C38H38N2O8S4/c1-29-10-20-35(21-11-29)49(41,42)39(50(43,44)36-22-12-30(2)13-23-36)28-34(19-18-33-8-6-5-7-9-33)40(51(45,46)37-24-14-31(3)15-25-37)52(47,48)38-26-16-32(4)17-27-38/h5-27,34H,28H2,1-4H3/b19-18+. The van der Waals surface area contributed by atoms with Crippen molar-refractivity contribution in [2.24, 2.45) is 0 Å². The summed E-state index contributed by atoms with van der Waals surface area (Å²) in [6.07, 6.45) is 2.61. The minimum absolute atomic E-state index is 0.178. The van der Waals surface area contributed by atoms with Gasteiger partial charge in [-0.2, -0.15) is 0 Å². The smallest absolute Gasteiger partial charge is 0.206 e. The fraction of sp³-hybridized carbons (Fsp3) is 0.158. The highest BCUT2D eigenvalue weighted by Gasteiger charge is 2.46. The Morgan fingerprint density at radius 1 is 0.442 bits per heavy atom. The Bertz CT molecular complexity index is 2350. The van der Waals surface area contributed by atoms with E-state index in [1.54, 1.807) is 58.0 Å². The van der Waals surface area contributed by atoms with Gasteiger partial charge >= 0.3 is 0 Å². The van der Waals surface area contributed by atoms with Gasteiger partial charge < -0.3 is 0 Å². The maximum absolute atomic E-state index is 14.7. The van der Waals surface area contributed by atoms with Crippen LogP contribution in [0.1, 0.15) is 27.8 Å². The molecule has 0 aliphatic rings. The van der Waals surface area contributed by atoms with E-state index in [9.17, 15) is 33.7 Å². The fourth-order valence-corrected chi connectivity index (χ4v) is 12.8. The lowest BCUT2D eigenvalue weighted by Crippen LogP contribution is -2.51. The average molecular weight is 779 g/mol. The third kappa shape index (κ3) is 8.27. The molecule has 10 nitrogen and oxygen atoms in total. The maximum Gasteiger partial charge on any atom is 0.256 e. The Labute approximate surface area is 306 Å². The first-order valence-corrected chi connectivity index (χ1v) is 21.8. The van der Waals surface area contributed by atoms with Crippen LogP contribution in [0.15, 0.2) is 153 Å². The Morgan fingerprint density at radius 2 is 0.750 bits per heavy atom. The average Bonchev–Trinajstić information content (AvgIpc) is 3.10. The Balaban J connectivity index is 1.82. The van der Waals surface area contributed by atoms with Crippen LogP contribution in [0.5, 0.6) is 0 Å². The molecule has 1 atom stereocenters. The van der Waals surface area contributed by atoms with Crippen LogP contribution in [0.3, 0.4) is 0 Å². The molecular weight excluding hydrogens is 741 g/mol. The molecule has 0 fully saturated rings. The van der Waals surface area contributed by atoms with E-state index in [2.05, 4.69) is 0 Å². The molecule has 14 heteroatoms. The molecule has 0 saturated heterocycles. The van der Waals surface area contributed by atoms with E-state index in [1.165, 1.54) is 109 Å². The summed E-state index contributed by atoms with van der Waals surface area (Å²) in [6.45, 7) is 5.77. The van der Waals surface area contributed by atoms with Crippen LogP contribution in [0, 0.1) is 27.7 Å². The van der Waals surface area contributed by atoms with Crippen molar-refractivity contribution in [3.05, 3.63) is 161 Å². The van der Waals surface area contributed by atoms with Gasteiger partial charge in [0.15, 0.2) is 0 Å². The van der Waals surface area contributed by atoms with Gasteiger partial charge in [-0.1, -0.05) is 121 Å². The monoisotopic (exact) mass is 778 g/mol. The number of hydrogen-bond acceptors (Lipinski definition) is 8. The van der Waals surface area contributed by atoms with Gasteiger partial charge in [-0.3, -0.25) is 0 Å². The number of nitrogens with zero attached hydrogens (tertiary/aromatic N) is 2. The zero-order valence-corrected chi connectivity index (χ0v) is 32.1. The lowest BCUT2D eigenvalue weighted by molar-refractivity contribution is 0.414. The van der Waals surface area contributed by atoms with Gasteiger partial charge in [-0.05, 0) is 81.8 Å². The van der Waals surface area contributed by atoms with Crippen molar-refractivity contribution in [2.75, 3.05) is 6.54 Å². The first kappa shape index (κ1) is 38.8. The third-order valence-corrected chi connectivity index (χ3v) is 16.9.